The zero-order valence-electron chi connectivity index (χ0n) is 20.4. The van der Waals surface area contributed by atoms with Gasteiger partial charge >= 0.3 is 12.1 Å². The second-order valence-electron chi connectivity index (χ2n) is 8.64. The fourth-order valence-electron chi connectivity index (χ4n) is 4.24. The van der Waals surface area contributed by atoms with Crippen LogP contribution in [0.15, 0.2) is 66.2 Å². The van der Waals surface area contributed by atoms with Crippen LogP contribution in [0.4, 0.5) is 24.8 Å². The number of sulfonamides is 1. The summed E-state index contributed by atoms with van der Waals surface area (Å²) in [5.74, 6) is -0.331. The highest BCUT2D eigenvalue weighted by atomic mass is 32.2. The van der Waals surface area contributed by atoms with E-state index in [4.69, 9.17) is 4.74 Å². The van der Waals surface area contributed by atoms with Gasteiger partial charge in [-0.1, -0.05) is 43.0 Å². The molecule has 1 aliphatic rings. The second kappa shape index (κ2) is 10.8. The van der Waals surface area contributed by atoms with Gasteiger partial charge in [0.2, 0.25) is 0 Å². The zero-order chi connectivity index (χ0) is 27.5. The van der Waals surface area contributed by atoms with Gasteiger partial charge in [-0.05, 0) is 42.7 Å². The minimum atomic E-state index is -4.72. The number of hydrogen-bond acceptors (Lipinski definition) is 7. The number of piperidine rings is 1. The molecule has 1 atom stereocenters. The Bertz CT molecular complexity index is 1460. The van der Waals surface area contributed by atoms with E-state index in [-0.39, 0.29) is 22.5 Å². The summed E-state index contributed by atoms with van der Waals surface area (Å²) < 4.78 is 75.2. The maximum absolute atomic E-state index is 13.8. The summed E-state index contributed by atoms with van der Waals surface area (Å²) in [5.41, 5.74) is -0.876. The molecule has 200 valence electrons. The van der Waals surface area contributed by atoms with Gasteiger partial charge in [-0.15, -0.1) is 0 Å². The molecule has 4 rings (SSSR count). The molecule has 1 aromatic carbocycles. The second-order valence-corrected chi connectivity index (χ2v) is 10.3. The number of benzene rings is 1. The highest BCUT2D eigenvalue weighted by molar-refractivity contribution is 7.92. The molecule has 1 fully saturated rings. The average Bonchev–Trinajstić information content (AvgIpc) is 2.87. The Balaban J connectivity index is 1.65. The van der Waals surface area contributed by atoms with Gasteiger partial charge in [0.15, 0.2) is 5.03 Å². The maximum atomic E-state index is 13.8. The first kappa shape index (κ1) is 27.1. The number of aromatic nitrogens is 2. The molecule has 0 radical (unpaired) electrons. The lowest BCUT2D eigenvalue weighted by atomic mass is 10.00. The Morgan fingerprint density at radius 1 is 1.13 bits per heavy atom. The molecule has 1 saturated heterocycles. The highest BCUT2D eigenvalue weighted by Crippen LogP contribution is 2.38. The molecule has 0 saturated carbocycles. The lowest BCUT2D eigenvalue weighted by Gasteiger charge is -2.33. The van der Waals surface area contributed by atoms with E-state index in [2.05, 4.69) is 21.3 Å². The van der Waals surface area contributed by atoms with Crippen LogP contribution in [-0.2, 0) is 25.7 Å². The Morgan fingerprint density at radius 3 is 2.61 bits per heavy atom. The molecule has 2 aromatic heterocycles. The van der Waals surface area contributed by atoms with Crippen LogP contribution in [0.3, 0.4) is 0 Å². The first-order chi connectivity index (χ1) is 18.0. The summed E-state index contributed by atoms with van der Waals surface area (Å²) >= 11 is 0. The first-order valence-corrected chi connectivity index (χ1v) is 13.2. The number of alkyl halides is 3. The van der Waals surface area contributed by atoms with Crippen molar-refractivity contribution in [2.75, 3.05) is 22.7 Å². The molecule has 38 heavy (non-hydrogen) atoms. The summed E-state index contributed by atoms with van der Waals surface area (Å²) in [6, 6.07) is 12.4. The molecular weight excluding hydrogens is 521 g/mol. The number of halogens is 3. The van der Waals surface area contributed by atoms with E-state index in [1.807, 2.05) is 4.90 Å². The minimum Gasteiger partial charge on any atom is -0.461 e. The molecule has 0 aliphatic carbocycles. The van der Waals surface area contributed by atoms with E-state index in [1.54, 1.807) is 24.3 Å². The van der Waals surface area contributed by atoms with Crippen molar-refractivity contribution < 1.29 is 31.1 Å². The van der Waals surface area contributed by atoms with Crippen molar-refractivity contribution >= 4 is 33.7 Å². The number of rotatable bonds is 7. The van der Waals surface area contributed by atoms with Crippen molar-refractivity contribution in [3.63, 3.8) is 0 Å². The van der Waals surface area contributed by atoms with E-state index < -0.39 is 33.4 Å². The quantitative estimate of drug-likeness (QED) is 0.410. The van der Waals surface area contributed by atoms with Crippen molar-refractivity contribution in [1.29, 1.82) is 0 Å². The highest BCUT2D eigenvalue weighted by Gasteiger charge is 2.35. The third-order valence-electron chi connectivity index (χ3n) is 5.89. The van der Waals surface area contributed by atoms with E-state index >= 15 is 0 Å². The predicted octanol–water partition coefficient (Wildman–Crippen LogP) is 5.14. The number of pyridine rings is 2. The van der Waals surface area contributed by atoms with Crippen molar-refractivity contribution in [3.8, 4) is 11.3 Å². The molecule has 0 spiro atoms. The predicted molar refractivity (Wildman–Crippen MR) is 137 cm³/mol. The number of esters is 1. The monoisotopic (exact) mass is 546 g/mol. The van der Waals surface area contributed by atoms with E-state index in [1.165, 1.54) is 31.2 Å². The Labute approximate surface area is 218 Å². The number of nitrogens with zero attached hydrogens (tertiary/aromatic N) is 3. The molecule has 3 heterocycles. The van der Waals surface area contributed by atoms with Crippen LogP contribution in [0, 0.1) is 0 Å². The molecule has 1 aliphatic heterocycles. The average molecular weight is 547 g/mol. The van der Waals surface area contributed by atoms with E-state index in [0.29, 0.717) is 30.9 Å². The smallest absolute Gasteiger partial charge is 0.418 e. The van der Waals surface area contributed by atoms with Crippen LogP contribution in [0.2, 0.25) is 0 Å². The third kappa shape index (κ3) is 6.13. The van der Waals surface area contributed by atoms with Crippen molar-refractivity contribution in [3.05, 3.63) is 72.3 Å². The summed E-state index contributed by atoms with van der Waals surface area (Å²) in [6.45, 7) is 5.91. The lowest BCUT2D eigenvalue weighted by Crippen LogP contribution is -2.41. The van der Waals surface area contributed by atoms with E-state index in [0.717, 1.165) is 18.6 Å². The van der Waals surface area contributed by atoms with Crippen LogP contribution in [0.1, 0.15) is 30.9 Å². The molecule has 1 unspecified atom stereocenters. The Hall–Kier alpha value is -3.93. The molecule has 1 N–H and O–H groups in total. The molecule has 8 nitrogen and oxygen atoms in total. The number of carbonyl (C=O) groups is 1. The molecule has 0 bridgehead atoms. The van der Waals surface area contributed by atoms with Crippen LogP contribution in [-0.4, -0.2) is 43.5 Å². The van der Waals surface area contributed by atoms with Gasteiger partial charge in [-0.25, -0.2) is 9.97 Å². The summed E-state index contributed by atoms with van der Waals surface area (Å²) in [6.07, 6.45) is -2.25. The number of carbonyl (C=O) groups excluding carboxylic acids is 1. The van der Waals surface area contributed by atoms with E-state index in [9.17, 15) is 26.4 Å². The van der Waals surface area contributed by atoms with Crippen LogP contribution in [0.25, 0.3) is 17.3 Å². The largest absolute Gasteiger partial charge is 0.461 e. The molecule has 0 amide bonds. The summed E-state index contributed by atoms with van der Waals surface area (Å²) in [4.78, 5) is 21.4. The molecule has 3 aromatic rings. The van der Waals surface area contributed by atoms with Crippen LogP contribution in [0.5, 0.6) is 0 Å². The minimum absolute atomic E-state index is 0.156. The Kier molecular flexibility index (Phi) is 7.72. The summed E-state index contributed by atoms with van der Waals surface area (Å²) in [7, 11) is -4.31. The normalized spacial score (nSPS) is 16.1. The lowest BCUT2D eigenvalue weighted by molar-refractivity contribution is -0.146. The maximum Gasteiger partial charge on any atom is 0.418 e. The third-order valence-corrected chi connectivity index (χ3v) is 7.15. The number of nitrogens with one attached hydrogen (secondary N) is 1. The van der Waals surface area contributed by atoms with Crippen LogP contribution >= 0.6 is 0 Å². The van der Waals surface area contributed by atoms with Crippen molar-refractivity contribution in [2.45, 2.75) is 37.1 Å². The fraction of sp³-hybridized carbons (Fsp3) is 0.269. The van der Waals surface area contributed by atoms with Gasteiger partial charge in [0, 0.05) is 19.0 Å². The van der Waals surface area contributed by atoms with Gasteiger partial charge in [-0.2, -0.15) is 21.6 Å². The summed E-state index contributed by atoms with van der Waals surface area (Å²) in [5, 5.41) is -0.334. The zero-order valence-corrected chi connectivity index (χ0v) is 21.2. The standard InChI is InChI=1S/C26H25F3N4O4S/c1-3-18-8-4-5-10-20(18)25-21(26(27,28)29)13-14-22(30-25)32-38(35,36)24-12-6-11-23(31-24)33-15-7-9-19(16-33)37-17(2)34/h3-6,8,10-14,19H,1,7,9,15-16H2,2H3,(H,30,32). The van der Waals surface area contributed by atoms with Gasteiger partial charge in [0.25, 0.3) is 10.0 Å². The fourth-order valence-corrected chi connectivity index (χ4v) is 5.20. The van der Waals surface area contributed by atoms with Gasteiger partial charge in [0.1, 0.15) is 17.7 Å². The Morgan fingerprint density at radius 2 is 1.89 bits per heavy atom. The number of hydrogen-bond donors (Lipinski definition) is 1. The molecule has 12 heteroatoms. The number of ether oxygens (including phenoxy) is 1. The number of anilines is 2. The topological polar surface area (TPSA) is 101 Å². The van der Waals surface area contributed by atoms with Crippen LogP contribution < -0.4 is 9.62 Å². The van der Waals surface area contributed by atoms with Gasteiger partial charge in [-0.3, -0.25) is 9.52 Å². The first-order valence-electron chi connectivity index (χ1n) is 11.7. The SMILES string of the molecule is C=Cc1ccccc1-c1nc(NS(=O)(=O)c2cccc(N3CCCC(OC(C)=O)C3)n2)ccc1C(F)(F)F. The molecular formula is C26H25F3N4O4S. The van der Waals surface area contributed by atoms with Gasteiger partial charge < -0.3 is 9.64 Å². The van der Waals surface area contributed by atoms with Gasteiger partial charge in [0.05, 0.1) is 17.8 Å². The van der Waals surface area contributed by atoms with Crippen molar-refractivity contribution in [1.82, 2.24) is 9.97 Å². The van der Waals surface area contributed by atoms with Crippen molar-refractivity contribution in [2.24, 2.45) is 0 Å².